The molecule has 4 heteroatoms. The third kappa shape index (κ3) is 3.47. The second-order valence-electron chi connectivity index (χ2n) is 3.62. The van der Waals surface area contributed by atoms with Crippen molar-refractivity contribution in [1.29, 1.82) is 0 Å². The molecule has 16 heavy (non-hydrogen) atoms. The van der Waals surface area contributed by atoms with Crippen LogP contribution in [-0.2, 0) is 13.0 Å². The number of nitrogens with one attached hydrogen (secondary N) is 1. The summed E-state index contributed by atoms with van der Waals surface area (Å²) in [5.74, 6) is 0. The molecule has 0 bridgehead atoms. The first-order valence-corrected chi connectivity index (χ1v) is 5.51. The Morgan fingerprint density at radius 3 is 2.94 bits per heavy atom. The van der Waals surface area contributed by atoms with Gasteiger partial charge in [0, 0.05) is 50.3 Å². The molecule has 84 valence electrons. The van der Waals surface area contributed by atoms with E-state index in [0.29, 0.717) is 0 Å². The summed E-state index contributed by atoms with van der Waals surface area (Å²) in [6, 6.07) is 6.02. The Morgan fingerprint density at radius 1 is 1.19 bits per heavy atom. The van der Waals surface area contributed by atoms with Gasteiger partial charge in [-0.25, -0.2) is 4.98 Å². The van der Waals surface area contributed by atoms with Gasteiger partial charge in [-0.3, -0.25) is 4.98 Å². The Kier molecular flexibility index (Phi) is 4.08. The fraction of sp³-hybridized carbons (Fsp3) is 0.333. The van der Waals surface area contributed by atoms with E-state index in [1.54, 1.807) is 6.20 Å². The maximum atomic E-state index is 4.27. The molecule has 0 spiro atoms. The van der Waals surface area contributed by atoms with Crippen LogP contribution in [0.3, 0.4) is 0 Å². The number of nitrogens with zero attached hydrogens (tertiary/aromatic N) is 3. The van der Waals surface area contributed by atoms with Crippen LogP contribution >= 0.6 is 0 Å². The summed E-state index contributed by atoms with van der Waals surface area (Å²) >= 11 is 0. The maximum absolute atomic E-state index is 4.27. The Morgan fingerprint density at radius 2 is 2.19 bits per heavy atom. The summed E-state index contributed by atoms with van der Waals surface area (Å²) in [5, 5.41) is 3.38. The van der Waals surface area contributed by atoms with E-state index in [0.717, 1.165) is 31.7 Å². The molecule has 2 rings (SSSR count). The van der Waals surface area contributed by atoms with Crippen molar-refractivity contribution < 1.29 is 0 Å². The van der Waals surface area contributed by atoms with Gasteiger partial charge in [-0.15, -0.1) is 0 Å². The number of imidazole rings is 1. The summed E-state index contributed by atoms with van der Waals surface area (Å²) < 4.78 is 2.06. The topological polar surface area (TPSA) is 42.7 Å². The third-order valence-corrected chi connectivity index (χ3v) is 2.39. The molecule has 2 heterocycles. The zero-order valence-electron chi connectivity index (χ0n) is 9.21. The van der Waals surface area contributed by atoms with E-state index in [4.69, 9.17) is 0 Å². The van der Waals surface area contributed by atoms with Gasteiger partial charge in [0.05, 0.1) is 6.33 Å². The van der Waals surface area contributed by atoms with Crippen LogP contribution in [0.25, 0.3) is 0 Å². The highest BCUT2D eigenvalue weighted by Gasteiger charge is 1.93. The number of rotatable bonds is 6. The molecule has 0 unspecified atom stereocenters. The lowest BCUT2D eigenvalue weighted by Crippen LogP contribution is -2.22. The first-order chi connectivity index (χ1) is 7.95. The van der Waals surface area contributed by atoms with Gasteiger partial charge in [-0.2, -0.15) is 0 Å². The molecular formula is C12H16N4. The average Bonchev–Trinajstić information content (AvgIpc) is 2.83. The molecule has 0 amide bonds. The number of pyridine rings is 1. The van der Waals surface area contributed by atoms with Gasteiger partial charge in [-0.1, -0.05) is 6.07 Å². The summed E-state index contributed by atoms with van der Waals surface area (Å²) in [5.41, 5.74) is 1.14. The normalized spacial score (nSPS) is 10.5. The zero-order valence-corrected chi connectivity index (χ0v) is 9.21. The third-order valence-electron chi connectivity index (χ3n) is 2.39. The van der Waals surface area contributed by atoms with Crippen molar-refractivity contribution in [2.75, 3.05) is 13.1 Å². The Bertz CT molecular complexity index is 383. The van der Waals surface area contributed by atoms with Gasteiger partial charge in [0.25, 0.3) is 0 Å². The molecule has 0 saturated heterocycles. The summed E-state index contributed by atoms with van der Waals surface area (Å²) in [6.45, 7) is 2.89. The molecular weight excluding hydrogens is 200 g/mol. The highest BCUT2D eigenvalue weighted by Crippen LogP contribution is 1.93. The second kappa shape index (κ2) is 6.02. The Balaban J connectivity index is 1.59. The van der Waals surface area contributed by atoms with E-state index in [1.165, 1.54) is 0 Å². The SMILES string of the molecule is c1ccc(CCNCCn2ccnc2)nc1. The quantitative estimate of drug-likeness (QED) is 0.736. The molecule has 0 saturated carbocycles. The standard InChI is InChI=1S/C12H16N4/c1-2-5-15-12(3-1)4-6-13-7-9-16-10-8-14-11-16/h1-3,5,8,10-11,13H,4,6-7,9H2. The lowest BCUT2D eigenvalue weighted by Gasteiger charge is -2.04. The lowest BCUT2D eigenvalue weighted by atomic mass is 10.3. The summed E-state index contributed by atoms with van der Waals surface area (Å²) in [6.07, 6.45) is 8.42. The number of aromatic nitrogens is 3. The van der Waals surface area contributed by atoms with Gasteiger partial charge in [0.2, 0.25) is 0 Å². The first-order valence-electron chi connectivity index (χ1n) is 5.51. The predicted octanol–water partition coefficient (Wildman–Crippen LogP) is 1.11. The van der Waals surface area contributed by atoms with Gasteiger partial charge in [0.15, 0.2) is 0 Å². The molecule has 0 atom stereocenters. The van der Waals surface area contributed by atoms with Crippen molar-refractivity contribution in [3.05, 3.63) is 48.8 Å². The fourth-order valence-electron chi connectivity index (χ4n) is 1.51. The van der Waals surface area contributed by atoms with E-state index >= 15 is 0 Å². The zero-order chi connectivity index (χ0) is 11.1. The maximum Gasteiger partial charge on any atom is 0.0946 e. The summed E-state index contributed by atoms with van der Waals surface area (Å²) in [4.78, 5) is 8.26. The van der Waals surface area contributed by atoms with E-state index in [-0.39, 0.29) is 0 Å². The second-order valence-corrected chi connectivity index (χ2v) is 3.62. The van der Waals surface area contributed by atoms with Gasteiger partial charge < -0.3 is 9.88 Å². The van der Waals surface area contributed by atoms with Crippen molar-refractivity contribution >= 4 is 0 Å². The van der Waals surface area contributed by atoms with Crippen LogP contribution in [-0.4, -0.2) is 27.6 Å². The molecule has 2 aromatic rings. The smallest absolute Gasteiger partial charge is 0.0946 e. The molecule has 0 aliphatic carbocycles. The van der Waals surface area contributed by atoms with Crippen LogP contribution in [0.1, 0.15) is 5.69 Å². The van der Waals surface area contributed by atoms with E-state index in [9.17, 15) is 0 Å². The van der Waals surface area contributed by atoms with Crippen molar-refractivity contribution in [3.63, 3.8) is 0 Å². The first kappa shape index (κ1) is 10.8. The van der Waals surface area contributed by atoms with Crippen molar-refractivity contribution in [1.82, 2.24) is 19.9 Å². The molecule has 0 aliphatic rings. The molecule has 1 N–H and O–H groups in total. The van der Waals surface area contributed by atoms with Crippen LogP contribution < -0.4 is 5.32 Å². The van der Waals surface area contributed by atoms with Crippen LogP contribution in [0.15, 0.2) is 43.1 Å². The molecule has 4 nitrogen and oxygen atoms in total. The van der Waals surface area contributed by atoms with E-state index < -0.39 is 0 Å². The largest absolute Gasteiger partial charge is 0.336 e. The van der Waals surface area contributed by atoms with Crippen molar-refractivity contribution in [3.8, 4) is 0 Å². The van der Waals surface area contributed by atoms with Gasteiger partial charge in [-0.05, 0) is 12.1 Å². The fourth-order valence-corrected chi connectivity index (χ4v) is 1.51. The molecule has 0 fully saturated rings. The Labute approximate surface area is 95.4 Å². The Hall–Kier alpha value is -1.68. The van der Waals surface area contributed by atoms with Gasteiger partial charge in [0.1, 0.15) is 0 Å². The van der Waals surface area contributed by atoms with Crippen molar-refractivity contribution in [2.45, 2.75) is 13.0 Å². The lowest BCUT2D eigenvalue weighted by molar-refractivity contribution is 0.596. The minimum atomic E-state index is 0.961. The van der Waals surface area contributed by atoms with Gasteiger partial charge >= 0.3 is 0 Å². The van der Waals surface area contributed by atoms with Crippen LogP contribution in [0.2, 0.25) is 0 Å². The molecule has 0 radical (unpaired) electrons. The van der Waals surface area contributed by atoms with E-state index in [1.807, 2.05) is 30.9 Å². The van der Waals surface area contributed by atoms with Crippen molar-refractivity contribution in [2.24, 2.45) is 0 Å². The predicted molar refractivity (Wildman–Crippen MR) is 63.0 cm³/mol. The molecule has 0 aromatic carbocycles. The average molecular weight is 216 g/mol. The number of hydrogen-bond acceptors (Lipinski definition) is 3. The van der Waals surface area contributed by atoms with E-state index in [2.05, 4.69) is 25.9 Å². The monoisotopic (exact) mass is 216 g/mol. The number of hydrogen-bond donors (Lipinski definition) is 1. The summed E-state index contributed by atoms with van der Waals surface area (Å²) in [7, 11) is 0. The highest BCUT2D eigenvalue weighted by atomic mass is 15.0. The molecule has 2 aromatic heterocycles. The van der Waals surface area contributed by atoms with Crippen LogP contribution in [0.5, 0.6) is 0 Å². The minimum Gasteiger partial charge on any atom is -0.336 e. The molecule has 0 aliphatic heterocycles. The highest BCUT2D eigenvalue weighted by molar-refractivity contribution is 5.03. The minimum absolute atomic E-state index is 0.961. The van der Waals surface area contributed by atoms with Crippen LogP contribution in [0, 0.1) is 0 Å². The van der Waals surface area contributed by atoms with Crippen LogP contribution in [0.4, 0.5) is 0 Å².